The van der Waals surface area contributed by atoms with Gasteiger partial charge in [0.1, 0.15) is 24.5 Å². The first-order valence-electron chi connectivity index (χ1n) is 12.7. The molecule has 9 nitrogen and oxygen atoms in total. The van der Waals surface area contributed by atoms with Gasteiger partial charge in [-0.1, -0.05) is 42.5 Å². The summed E-state index contributed by atoms with van der Waals surface area (Å²) in [5.41, 5.74) is 2.95. The van der Waals surface area contributed by atoms with Crippen molar-refractivity contribution in [1.82, 2.24) is 14.5 Å². The fraction of sp³-hybridized carbons (Fsp3) is 0.345. The molecule has 1 amide bonds. The molecule has 0 saturated heterocycles. The third kappa shape index (κ3) is 5.09. The van der Waals surface area contributed by atoms with Crippen molar-refractivity contribution in [1.29, 1.82) is 0 Å². The lowest BCUT2D eigenvalue weighted by Gasteiger charge is -2.28. The van der Waals surface area contributed by atoms with Crippen molar-refractivity contribution in [3.8, 4) is 22.9 Å². The number of nitrogens with zero attached hydrogens (tertiary/aromatic N) is 3. The molecule has 0 saturated carbocycles. The zero-order chi connectivity index (χ0) is 26.6. The van der Waals surface area contributed by atoms with Crippen LogP contribution in [0.5, 0.6) is 11.6 Å². The van der Waals surface area contributed by atoms with E-state index in [4.69, 9.17) is 18.9 Å². The molecular weight excluding hydrogens is 486 g/mol. The molecule has 9 heteroatoms. The molecule has 1 unspecified atom stereocenters. The van der Waals surface area contributed by atoms with E-state index >= 15 is 0 Å². The van der Waals surface area contributed by atoms with Crippen LogP contribution in [-0.2, 0) is 27.2 Å². The number of hydrogen-bond acceptors (Lipinski definition) is 7. The minimum absolute atomic E-state index is 0.00235. The van der Waals surface area contributed by atoms with Crippen LogP contribution >= 0.6 is 0 Å². The molecule has 1 aliphatic carbocycles. The van der Waals surface area contributed by atoms with E-state index in [1.54, 1.807) is 16.5 Å². The number of rotatable bonds is 8. The van der Waals surface area contributed by atoms with Crippen molar-refractivity contribution in [2.75, 3.05) is 13.7 Å². The van der Waals surface area contributed by atoms with E-state index in [0.717, 1.165) is 29.5 Å². The Hall–Kier alpha value is -4.27. The van der Waals surface area contributed by atoms with Gasteiger partial charge >= 0.3 is 5.69 Å². The highest BCUT2D eigenvalue weighted by molar-refractivity contribution is 5.79. The lowest BCUT2D eigenvalue weighted by Crippen LogP contribution is -2.37. The van der Waals surface area contributed by atoms with Crippen molar-refractivity contribution < 1.29 is 23.7 Å². The Morgan fingerprint density at radius 2 is 2.05 bits per heavy atom. The Morgan fingerprint density at radius 3 is 2.79 bits per heavy atom. The zero-order valence-electron chi connectivity index (χ0n) is 21.8. The third-order valence-corrected chi connectivity index (χ3v) is 6.89. The Bertz CT molecular complexity index is 1400. The van der Waals surface area contributed by atoms with Gasteiger partial charge in [-0.2, -0.15) is 4.98 Å². The predicted molar refractivity (Wildman–Crippen MR) is 141 cm³/mol. The van der Waals surface area contributed by atoms with E-state index in [-0.39, 0.29) is 30.2 Å². The largest absolute Gasteiger partial charge is 0.476 e. The van der Waals surface area contributed by atoms with Crippen LogP contribution < -0.4 is 15.2 Å². The van der Waals surface area contributed by atoms with Gasteiger partial charge in [0.15, 0.2) is 18.5 Å². The maximum Gasteiger partial charge on any atom is 0.351 e. The zero-order valence-corrected chi connectivity index (χ0v) is 21.8. The number of amides is 1. The summed E-state index contributed by atoms with van der Waals surface area (Å²) in [5.74, 6) is 0.453. The number of hydrogen-bond donors (Lipinski definition) is 0. The Kier molecular flexibility index (Phi) is 7.35. The maximum absolute atomic E-state index is 13.3. The molecular formula is C29H31N3O6. The summed E-state index contributed by atoms with van der Waals surface area (Å²) in [7, 11) is 1.73. The molecule has 0 radical (unpaired) electrons. The fourth-order valence-electron chi connectivity index (χ4n) is 4.59. The first-order chi connectivity index (χ1) is 18.4. The van der Waals surface area contributed by atoms with E-state index in [2.05, 4.69) is 11.1 Å². The number of aromatic nitrogens is 2. The van der Waals surface area contributed by atoms with Gasteiger partial charge in [0.25, 0.3) is 11.8 Å². The second kappa shape index (κ2) is 11.0. The molecule has 1 atom stereocenters. The summed E-state index contributed by atoms with van der Waals surface area (Å²) in [5, 5.41) is 0. The van der Waals surface area contributed by atoms with Gasteiger partial charge in [0, 0.05) is 25.2 Å². The van der Waals surface area contributed by atoms with E-state index < -0.39 is 11.8 Å². The smallest absolute Gasteiger partial charge is 0.351 e. The predicted octanol–water partition coefficient (Wildman–Crippen LogP) is 4.10. The second-order valence-corrected chi connectivity index (χ2v) is 9.58. The van der Waals surface area contributed by atoms with Gasteiger partial charge in [-0.3, -0.25) is 9.36 Å². The number of likely N-dealkylation sites (N-methyl/N-ethyl adjacent to an activating group) is 1. The number of allylic oxidation sites excluding steroid dienone is 3. The van der Waals surface area contributed by atoms with Crippen LogP contribution in [-0.4, -0.2) is 46.2 Å². The van der Waals surface area contributed by atoms with Crippen LogP contribution in [0.3, 0.4) is 0 Å². The molecule has 198 valence electrons. The van der Waals surface area contributed by atoms with Gasteiger partial charge in [-0.05, 0) is 44.2 Å². The lowest BCUT2D eigenvalue weighted by molar-refractivity contribution is -0.133. The minimum Gasteiger partial charge on any atom is -0.476 e. The maximum atomic E-state index is 13.3. The van der Waals surface area contributed by atoms with Crippen LogP contribution in [0.15, 0.2) is 77.4 Å². The summed E-state index contributed by atoms with van der Waals surface area (Å²) in [6, 6.07) is 7.85. The first kappa shape index (κ1) is 25.4. The van der Waals surface area contributed by atoms with E-state index in [1.165, 1.54) is 18.8 Å². The molecule has 38 heavy (non-hydrogen) atoms. The molecule has 1 aromatic heterocycles. The quantitative estimate of drug-likeness (QED) is 0.521. The average Bonchev–Trinajstić information content (AvgIpc) is 2.95. The minimum atomic E-state index is -0.713. The summed E-state index contributed by atoms with van der Waals surface area (Å²) in [6.07, 6.45) is 11.8. The van der Waals surface area contributed by atoms with Crippen LogP contribution in [0, 0.1) is 0 Å². The summed E-state index contributed by atoms with van der Waals surface area (Å²) < 4.78 is 25.3. The van der Waals surface area contributed by atoms with Crippen LogP contribution in [0.4, 0.5) is 0 Å². The molecule has 5 rings (SSSR count). The number of ether oxygens (including phenoxy) is 4. The molecule has 1 aromatic carbocycles. The van der Waals surface area contributed by atoms with Crippen LogP contribution in [0.25, 0.3) is 11.3 Å². The lowest BCUT2D eigenvalue weighted by atomic mass is 9.97. The molecule has 0 N–H and O–H groups in total. The topological polar surface area (TPSA) is 92.1 Å². The third-order valence-electron chi connectivity index (χ3n) is 6.89. The summed E-state index contributed by atoms with van der Waals surface area (Å²) >= 11 is 0. The number of carbonyl (C=O) groups excluding carboxylic acids is 1. The number of fused-ring (bicyclic) bond motifs is 3. The van der Waals surface area contributed by atoms with Gasteiger partial charge in [-0.15, -0.1) is 0 Å². The standard InChI is InChI=1S/C29H31N3O6/c1-19(2)31(3)24(33)18-37-27-25-22-12-8-7-9-20(22)13-14-32(25)29(34)30-28(27)38-26(21-10-5-4-6-11-21)23-17-35-15-16-36-23/h4-5,7-10,12,15-17,19,26H,6,11,13-14,18H2,1-3H3. The number of benzene rings is 1. The molecule has 0 spiro atoms. The van der Waals surface area contributed by atoms with E-state index in [9.17, 15) is 9.59 Å². The Balaban J connectivity index is 1.61. The Morgan fingerprint density at radius 1 is 1.21 bits per heavy atom. The molecule has 3 aliphatic rings. The molecule has 3 heterocycles. The molecule has 0 fully saturated rings. The van der Waals surface area contributed by atoms with E-state index in [0.29, 0.717) is 24.4 Å². The Labute approximate surface area is 221 Å². The highest BCUT2D eigenvalue weighted by atomic mass is 16.6. The van der Waals surface area contributed by atoms with Crippen molar-refractivity contribution in [3.63, 3.8) is 0 Å². The SMILES string of the molecule is CC(C)N(C)C(=O)COc1c(OC(C2=CC=CCC2)C2=COC=CO2)nc(=O)n2c1-c1ccccc1CC2. The van der Waals surface area contributed by atoms with Crippen molar-refractivity contribution >= 4 is 5.91 Å². The number of carbonyl (C=O) groups is 1. The molecule has 2 aliphatic heterocycles. The van der Waals surface area contributed by atoms with Crippen molar-refractivity contribution in [2.24, 2.45) is 0 Å². The highest BCUT2D eigenvalue weighted by Gasteiger charge is 2.31. The first-order valence-corrected chi connectivity index (χ1v) is 12.7. The van der Waals surface area contributed by atoms with Crippen LogP contribution in [0.1, 0.15) is 32.3 Å². The highest BCUT2D eigenvalue weighted by Crippen LogP contribution is 2.41. The van der Waals surface area contributed by atoms with Gasteiger partial charge in [0.05, 0.1) is 0 Å². The van der Waals surface area contributed by atoms with E-state index in [1.807, 2.05) is 50.3 Å². The fourth-order valence-corrected chi connectivity index (χ4v) is 4.59. The van der Waals surface area contributed by atoms with Crippen molar-refractivity contribution in [2.45, 2.75) is 51.8 Å². The summed E-state index contributed by atoms with van der Waals surface area (Å²) in [6.45, 7) is 4.07. The van der Waals surface area contributed by atoms with Gasteiger partial charge < -0.3 is 23.8 Å². The van der Waals surface area contributed by atoms with Gasteiger partial charge in [-0.25, -0.2) is 4.79 Å². The summed E-state index contributed by atoms with van der Waals surface area (Å²) in [4.78, 5) is 32.0. The van der Waals surface area contributed by atoms with Gasteiger partial charge in [0.2, 0.25) is 5.75 Å². The normalized spacial score (nSPS) is 16.3. The van der Waals surface area contributed by atoms with Crippen molar-refractivity contribution in [3.05, 3.63) is 88.7 Å². The average molecular weight is 518 g/mol. The van der Waals surface area contributed by atoms with Crippen LogP contribution in [0.2, 0.25) is 0 Å². The second-order valence-electron chi connectivity index (χ2n) is 9.58. The molecule has 2 aromatic rings. The monoisotopic (exact) mass is 517 g/mol. The molecule has 0 bridgehead atoms. The number of aryl methyl sites for hydroxylation is 1.